The highest BCUT2D eigenvalue weighted by Crippen LogP contribution is 2.21. The number of benzene rings is 1. The molecule has 0 aliphatic heterocycles. The van der Waals surface area contributed by atoms with Crippen molar-refractivity contribution >= 4 is 28.1 Å². The fourth-order valence-electron chi connectivity index (χ4n) is 1.64. The molecule has 3 N–H and O–H groups in total. The van der Waals surface area contributed by atoms with Crippen LogP contribution in [0.2, 0.25) is 0 Å². The molecule has 0 atom stereocenters. The summed E-state index contributed by atoms with van der Waals surface area (Å²) in [5, 5.41) is 21.0. The van der Waals surface area contributed by atoms with Crippen molar-refractivity contribution < 1.29 is 9.72 Å². The van der Waals surface area contributed by atoms with Crippen molar-refractivity contribution in [2.45, 2.75) is 13.5 Å². The molecule has 8 nitrogen and oxygen atoms in total. The average molecular weight is 293 g/mol. The number of nitrogen functional groups attached to an aromatic ring is 1. The number of nitrogens with zero attached hydrogens (tertiary/aromatic N) is 3. The van der Waals surface area contributed by atoms with Gasteiger partial charge in [0.1, 0.15) is 0 Å². The smallest absolute Gasteiger partial charge is 0.282 e. The van der Waals surface area contributed by atoms with Gasteiger partial charge in [0.15, 0.2) is 0 Å². The summed E-state index contributed by atoms with van der Waals surface area (Å²) in [5.74, 6) is -0.412. The molecule has 1 heterocycles. The molecule has 0 radical (unpaired) electrons. The van der Waals surface area contributed by atoms with Gasteiger partial charge in [-0.25, -0.2) is 0 Å². The van der Waals surface area contributed by atoms with Crippen molar-refractivity contribution in [1.82, 2.24) is 15.5 Å². The monoisotopic (exact) mass is 293 g/mol. The first-order valence-electron chi connectivity index (χ1n) is 5.59. The largest absolute Gasteiger partial charge is 0.374 e. The standard InChI is InChI=1S/C11H11N5O3S/c1-6-7(3-2-4-8(6)16(18)19)5-13-9(17)10-14-15-11(12)20-10/h2-4H,5H2,1H3,(H2,12,15)(H,13,17). The Balaban J connectivity index is 2.10. The predicted molar refractivity (Wildman–Crippen MR) is 73.3 cm³/mol. The van der Waals surface area contributed by atoms with E-state index in [0.717, 1.165) is 11.3 Å². The zero-order valence-electron chi connectivity index (χ0n) is 10.5. The van der Waals surface area contributed by atoms with E-state index in [1.54, 1.807) is 19.1 Å². The molecule has 0 spiro atoms. The van der Waals surface area contributed by atoms with Crippen LogP contribution in [0.5, 0.6) is 0 Å². The van der Waals surface area contributed by atoms with Crippen LogP contribution in [-0.4, -0.2) is 21.0 Å². The van der Waals surface area contributed by atoms with Gasteiger partial charge in [0.2, 0.25) is 10.1 Å². The molecular weight excluding hydrogens is 282 g/mol. The minimum Gasteiger partial charge on any atom is -0.374 e. The van der Waals surface area contributed by atoms with Gasteiger partial charge < -0.3 is 11.1 Å². The zero-order chi connectivity index (χ0) is 14.7. The number of nitrogens with two attached hydrogens (primary N) is 1. The number of hydrogen-bond acceptors (Lipinski definition) is 7. The number of anilines is 1. The van der Waals surface area contributed by atoms with Crippen LogP contribution < -0.4 is 11.1 Å². The number of nitro groups is 1. The van der Waals surface area contributed by atoms with E-state index in [2.05, 4.69) is 15.5 Å². The number of aromatic nitrogens is 2. The van der Waals surface area contributed by atoms with Crippen LogP contribution in [0.1, 0.15) is 20.9 Å². The van der Waals surface area contributed by atoms with E-state index in [1.807, 2.05) is 0 Å². The van der Waals surface area contributed by atoms with Crippen LogP contribution in [0, 0.1) is 17.0 Å². The summed E-state index contributed by atoms with van der Waals surface area (Å²) < 4.78 is 0. The Morgan fingerprint density at radius 3 is 2.85 bits per heavy atom. The lowest BCUT2D eigenvalue weighted by atomic mass is 10.1. The van der Waals surface area contributed by atoms with Gasteiger partial charge in [-0.15, -0.1) is 10.2 Å². The third-order valence-corrected chi connectivity index (χ3v) is 3.44. The van der Waals surface area contributed by atoms with Gasteiger partial charge in [0.25, 0.3) is 11.6 Å². The second-order valence-electron chi connectivity index (χ2n) is 3.95. The fraction of sp³-hybridized carbons (Fsp3) is 0.182. The van der Waals surface area contributed by atoms with Crippen LogP contribution >= 0.6 is 11.3 Å². The van der Waals surface area contributed by atoms with Gasteiger partial charge >= 0.3 is 0 Å². The highest BCUT2D eigenvalue weighted by molar-refractivity contribution is 7.16. The van der Waals surface area contributed by atoms with Crippen LogP contribution in [0.4, 0.5) is 10.8 Å². The summed E-state index contributed by atoms with van der Waals surface area (Å²) in [6.45, 7) is 1.81. The molecule has 0 aliphatic carbocycles. The van der Waals surface area contributed by atoms with Gasteiger partial charge in [-0.05, 0) is 12.5 Å². The molecule has 1 aromatic carbocycles. The molecule has 0 bridgehead atoms. The van der Waals surface area contributed by atoms with E-state index >= 15 is 0 Å². The Hall–Kier alpha value is -2.55. The molecule has 2 aromatic rings. The third kappa shape index (κ3) is 2.88. The van der Waals surface area contributed by atoms with E-state index in [0.29, 0.717) is 11.1 Å². The van der Waals surface area contributed by atoms with Crippen LogP contribution in [0.3, 0.4) is 0 Å². The summed E-state index contributed by atoms with van der Waals surface area (Å²) in [7, 11) is 0. The van der Waals surface area contributed by atoms with Crippen molar-refractivity contribution in [2.24, 2.45) is 0 Å². The maximum atomic E-state index is 11.8. The first-order chi connectivity index (χ1) is 9.49. The van der Waals surface area contributed by atoms with Gasteiger partial charge in [-0.3, -0.25) is 14.9 Å². The normalized spacial score (nSPS) is 10.2. The van der Waals surface area contributed by atoms with Crippen molar-refractivity contribution in [3.05, 3.63) is 44.4 Å². The van der Waals surface area contributed by atoms with Crippen LogP contribution in [0.25, 0.3) is 0 Å². The zero-order valence-corrected chi connectivity index (χ0v) is 11.3. The number of nitro benzene ring substituents is 1. The van der Waals surface area contributed by atoms with E-state index in [-0.39, 0.29) is 22.4 Å². The Kier molecular flexibility index (Phi) is 3.89. The van der Waals surface area contributed by atoms with E-state index < -0.39 is 10.8 Å². The molecule has 0 aliphatic rings. The van der Waals surface area contributed by atoms with Crippen LogP contribution in [0.15, 0.2) is 18.2 Å². The minimum atomic E-state index is -0.452. The Morgan fingerprint density at radius 2 is 2.25 bits per heavy atom. The molecule has 9 heteroatoms. The molecular formula is C11H11N5O3S. The Morgan fingerprint density at radius 1 is 1.50 bits per heavy atom. The number of carbonyl (C=O) groups excluding carboxylic acids is 1. The number of hydrogen-bond donors (Lipinski definition) is 2. The molecule has 0 saturated heterocycles. The minimum absolute atomic E-state index is 0.0249. The first kappa shape index (κ1) is 13.9. The van der Waals surface area contributed by atoms with E-state index in [1.165, 1.54) is 6.07 Å². The van der Waals surface area contributed by atoms with Gasteiger partial charge in [0, 0.05) is 18.2 Å². The molecule has 0 unspecified atom stereocenters. The number of rotatable bonds is 4. The lowest BCUT2D eigenvalue weighted by molar-refractivity contribution is -0.385. The van der Waals surface area contributed by atoms with Crippen molar-refractivity contribution in [2.75, 3.05) is 5.73 Å². The quantitative estimate of drug-likeness (QED) is 0.646. The lowest BCUT2D eigenvalue weighted by Gasteiger charge is -2.06. The molecule has 20 heavy (non-hydrogen) atoms. The second-order valence-corrected chi connectivity index (χ2v) is 4.96. The van der Waals surface area contributed by atoms with Gasteiger partial charge in [-0.2, -0.15) is 0 Å². The molecule has 2 rings (SSSR count). The summed E-state index contributed by atoms with van der Waals surface area (Å²) in [6.07, 6.45) is 0. The first-order valence-corrected chi connectivity index (χ1v) is 6.40. The molecule has 0 saturated carbocycles. The van der Waals surface area contributed by atoms with Gasteiger partial charge in [-0.1, -0.05) is 23.5 Å². The number of amides is 1. The summed E-state index contributed by atoms with van der Waals surface area (Å²) in [4.78, 5) is 22.1. The lowest BCUT2D eigenvalue weighted by Crippen LogP contribution is -2.23. The van der Waals surface area contributed by atoms with Crippen molar-refractivity contribution in [3.8, 4) is 0 Å². The number of nitrogens with one attached hydrogen (secondary N) is 1. The molecule has 1 aromatic heterocycles. The topological polar surface area (TPSA) is 124 Å². The van der Waals surface area contributed by atoms with Crippen molar-refractivity contribution in [1.29, 1.82) is 0 Å². The highest BCUT2D eigenvalue weighted by Gasteiger charge is 2.15. The van der Waals surface area contributed by atoms with Crippen LogP contribution in [-0.2, 0) is 6.54 Å². The number of carbonyl (C=O) groups is 1. The van der Waals surface area contributed by atoms with Crippen molar-refractivity contribution in [3.63, 3.8) is 0 Å². The van der Waals surface area contributed by atoms with E-state index in [4.69, 9.17) is 5.73 Å². The second kappa shape index (κ2) is 5.61. The third-order valence-electron chi connectivity index (χ3n) is 2.69. The Labute approximate surface area is 117 Å². The summed E-state index contributed by atoms with van der Waals surface area (Å²) >= 11 is 0.979. The summed E-state index contributed by atoms with van der Waals surface area (Å²) in [5.41, 5.74) is 6.61. The summed E-state index contributed by atoms with van der Waals surface area (Å²) in [6, 6.07) is 4.72. The molecule has 104 valence electrons. The average Bonchev–Trinajstić information content (AvgIpc) is 2.83. The molecule has 1 amide bonds. The molecule has 0 fully saturated rings. The fourth-order valence-corrected chi connectivity index (χ4v) is 2.16. The van der Waals surface area contributed by atoms with E-state index in [9.17, 15) is 14.9 Å². The predicted octanol–water partition coefficient (Wildman–Crippen LogP) is 1.27. The van der Waals surface area contributed by atoms with Gasteiger partial charge in [0.05, 0.1) is 4.92 Å². The Bertz CT molecular complexity index is 670. The SMILES string of the molecule is Cc1c(CNC(=O)c2nnc(N)s2)cccc1[N+](=O)[O-]. The maximum Gasteiger partial charge on any atom is 0.282 e. The maximum absolute atomic E-state index is 11.8. The highest BCUT2D eigenvalue weighted by atomic mass is 32.1.